The second-order valence-electron chi connectivity index (χ2n) is 7.24. The van der Waals surface area contributed by atoms with Crippen LogP contribution in [0, 0.1) is 6.92 Å². The Hall–Kier alpha value is -3.03. The Morgan fingerprint density at radius 1 is 1.00 bits per heavy atom. The molecule has 0 bridgehead atoms. The van der Waals surface area contributed by atoms with Crippen LogP contribution in [0.3, 0.4) is 0 Å². The number of thiazole rings is 1. The van der Waals surface area contributed by atoms with Crippen molar-refractivity contribution in [3.63, 3.8) is 0 Å². The maximum atomic E-state index is 13.7. The number of fused-ring (bicyclic) bond motifs is 1. The quantitative estimate of drug-likeness (QED) is 0.403. The first-order valence-electron chi connectivity index (χ1n) is 9.94. The molecule has 0 fully saturated rings. The molecule has 158 valence electrons. The summed E-state index contributed by atoms with van der Waals surface area (Å²) < 4.78 is 26.3. The number of anilines is 1. The normalized spacial score (nSPS) is 11.5. The highest BCUT2D eigenvalue weighted by Gasteiger charge is 2.27. The number of aromatic nitrogens is 1. The van der Waals surface area contributed by atoms with E-state index in [1.165, 1.54) is 17.4 Å². The molecule has 1 amide bonds. The van der Waals surface area contributed by atoms with Crippen LogP contribution < -0.4 is 4.90 Å². The highest BCUT2D eigenvalue weighted by Crippen LogP contribution is 2.32. The molecule has 7 heteroatoms. The molecule has 4 aromatic rings. The number of nitrogens with zero attached hydrogens (tertiary/aromatic N) is 2. The maximum absolute atomic E-state index is 13.7. The van der Waals surface area contributed by atoms with Crippen LogP contribution in [0.5, 0.6) is 0 Å². The molecule has 0 N–H and O–H groups in total. The van der Waals surface area contributed by atoms with Gasteiger partial charge in [-0.25, -0.2) is 13.4 Å². The molecule has 0 aliphatic heterocycles. The van der Waals surface area contributed by atoms with Crippen LogP contribution >= 0.6 is 11.3 Å². The molecule has 0 aliphatic rings. The van der Waals surface area contributed by atoms with E-state index < -0.39 is 9.84 Å². The summed E-state index contributed by atoms with van der Waals surface area (Å²) in [7, 11) is -3.56. The number of benzene rings is 3. The summed E-state index contributed by atoms with van der Waals surface area (Å²) in [5, 5.41) is 0.540. The minimum absolute atomic E-state index is 0.0533. The molecular formula is C24H22N2O3S2. The number of carbonyl (C=O) groups is 1. The van der Waals surface area contributed by atoms with Gasteiger partial charge in [0.1, 0.15) is 0 Å². The second-order valence-corrected chi connectivity index (χ2v) is 10.5. The summed E-state index contributed by atoms with van der Waals surface area (Å²) in [6.07, 6.45) is 0. The highest BCUT2D eigenvalue weighted by atomic mass is 32.2. The van der Waals surface area contributed by atoms with Gasteiger partial charge in [0.05, 0.1) is 33.0 Å². The van der Waals surface area contributed by atoms with Crippen molar-refractivity contribution in [2.75, 3.05) is 10.7 Å². The lowest BCUT2D eigenvalue weighted by Crippen LogP contribution is -2.31. The van der Waals surface area contributed by atoms with E-state index in [0.29, 0.717) is 11.7 Å². The standard InChI is InChI=1S/C24H22N2O3S2/c1-3-31(28,29)22-12-8-7-11-19(22)23(27)26(16-18-9-5-4-6-10-18)24-25-20-14-13-17(2)15-21(20)30-24/h4-15H,3,16H2,1-2H3. The highest BCUT2D eigenvalue weighted by molar-refractivity contribution is 7.91. The van der Waals surface area contributed by atoms with Crippen LogP contribution in [0.15, 0.2) is 77.7 Å². The minimum Gasteiger partial charge on any atom is -0.279 e. The van der Waals surface area contributed by atoms with Gasteiger partial charge >= 0.3 is 0 Å². The predicted octanol–water partition coefficient (Wildman–Crippen LogP) is 5.25. The molecule has 0 unspecified atom stereocenters. The first-order chi connectivity index (χ1) is 14.9. The average molecular weight is 451 g/mol. The van der Waals surface area contributed by atoms with E-state index in [2.05, 4.69) is 4.98 Å². The van der Waals surface area contributed by atoms with Gasteiger partial charge in [0, 0.05) is 0 Å². The first kappa shape index (κ1) is 21.2. The Bertz CT molecular complexity index is 1350. The predicted molar refractivity (Wildman–Crippen MR) is 125 cm³/mol. The van der Waals surface area contributed by atoms with Gasteiger partial charge < -0.3 is 0 Å². The zero-order valence-electron chi connectivity index (χ0n) is 17.3. The number of amides is 1. The van der Waals surface area contributed by atoms with Crippen molar-refractivity contribution in [1.82, 2.24) is 4.98 Å². The van der Waals surface area contributed by atoms with Crippen molar-refractivity contribution < 1.29 is 13.2 Å². The molecule has 0 saturated carbocycles. The number of sulfone groups is 1. The Balaban J connectivity index is 1.84. The van der Waals surface area contributed by atoms with Gasteiger partial charge in [-0.3, -0.25) is 9.69 Å². The monoisotopic (exact) mass is 450 g/mol. The number of rotatable bonds is 6. The van der Waals surface area contributed by atoms with Crippen LogP contribution in [0.4, 0.5) is 5.13 Å². The lowest BCUT2D eigenvalue weighted by atomic mass is 10.1. The van der Waals surface area contributed by atoms with Gasteiger partial charge in [-0.1, -0.05) is 66.8 Å². The zero-order chi connectivity index (χ0) is 22.0. The van der Waals surface area contributed by atoms with E-state index in [1.807, 2.05) is 55.5 Å². The number of hydrogen-bond donors (Lipinski definition) is 0. The third kappa shape index (κ3) is 4.38. The minimum atomic E-state index is -3.56. The fourth-order valence-corrected chi connectivity index (χ4v) is 5.49. The van der Waals surface area contributed by atoms with Crippen molar-refractivity contribution in [3.8, 4) is 0 Å². The van der Waals surface area contributed by atoms with Gasteiger partial charge in [-0.15, -0.1) is 0 Å². The van der Waals surface area contributed by atoms with Gasteiger partial charge in [0.25, 0.3) is 5.91 Å². The molecule has 0 atom stereocenters. The van der Waals surface area contributed by atoms with Crippen molar-refractivity contribution in [2.45, 2.75) is 25.3 Å². The molecule has 0 saturated heterocycles. The van der Waals surface area contributed by atoms with E-state index in [-0.39, 0.29) is 22.1 Å². The molecule has 1 aromatic heterocycles. The molecule has 31 heavy (non-hydrogen) atoms. The molecule has 5 nitrogen and oxygen atoms in total. The molecule has 0 radical (unpaired) electrons. The lowest BCUT2D eigenvalue weighted by Gasteiger charge is -2.21. The largest absolute Gasteiger partial charge is 0.279 e. The summed E-state index contributed by atoms with van der Waals surface area (Å²) >= 11 is 1.43. The molecule has 0 spiro atoms. The van der Waals surface area contributed by atoms with E-state index in [9.17, 15) is 13.2 Å². The number of hydrogen-bond acceptors (Lipinski definition) is 5. The number of carbonyl (C=O) groups excluding carboxylic acids is 1. The van der Waals surface area contributed by atoms with Gasteiger partial charge in [0.15, 0.2) is 15.0 Å². The fraction of sp³-hybridized carbons (Fsp3) is 0.167. The third-order valence-corrected chi connectivity index (χ3v) is 7.85. The number of aryl methyl sites for hydroxylation is 1. The summed E-state index contributed by atoms with van der Waals surface area (Å²) in [4.78, 5) is 20.0. The van der Waals surface area contributed by atoms with E-state index in [0.717, 1.165) is 21.3 Å². The summed E-state index contributed by atoms with van der Waals surface area (Å²) in [5.74, 6) is -0.455. The van der Waals surface area contributed by atoms with Gasteiger partial charge in [-0.05, 0) is 42.3 Å². The maximum Gasteiger partial charge on any atom is 0.261 e. The molecule has 4 rings (SSSR count). The third-order valence-electron chi connectivity index (χ3n) is 5.02. The van der Waals surface area contributed by atoms with Crippen LogP contribution in [0.25, 0.3) is 10.2 Å². The van der Waals surface area contributed by atoms with Crippen LogP contribution in [-0.2, 0) is 16.4 Å². The van der Waals surface area contributed by atoms with Crippen LogP contribution in [0.1, 0.15) is 28.4 Å². The average Bonchev–Trinajstić information content (AvgIpc) is 3.20. The Morgan fingerprint density at radius 2 is 1.71 bits per heavy atom. The summed E-state index contributed by atoms with van der Waals surface area (Å²) in [6.45, 7) is 3.88. The molecule has 3 aromatic carbocycles. The smallest absolute Gasteiger partial charge is 0.261 e. The first-order valence-corrected chi connectivity index (χ1v) is 12.4. The SMILES string of the molecule is CCS(=O)(=O)c1ccccc1C(=O)N(Cc1ccccc1)c1nc2ccc(C)cc2s1. The Labute approximate surface area is 185 Å². The van der Waals surface area contributed by atoms with Crippen molar-refractivity contribution in [2.24, 2.45) is 0 Å². The Kier molecular flexibility index (Phi) is 5.89. The van der Waals surface area contributed by atoms with Crippen molar-refractivity contribution >= 4 is 42.4 Å². The van der Waals surface area contributed by atoms with E-state index in [4.69, 9.17) is 0 Å². The topological polar surface area (TPSA) is 67.3 Å². The van der Waals surface area contributed by atoms with Crippen LogP contribution in [0.2, 0.25) is 0 Å². The van der Waals surface area contributed by atoms with Crippen molar-refractivity contribution in [1.29, 1.82) is 0 Å². The second kappa shape index (κ2) is 8.61. The fourth-order valence-electron chi connectivity index (χ4n) is 3.34. The zero-order valence-corrected chi connectivity index (χ0v) is 18.9. The lowest BCUT2D eigenvalue weighted by molar-refractivity contribution is 0.0982. The van der Waals surface area contributed by atoms with Crippen molar-refractivity contribution in [3.05, 3.63) is 89.5 Å². The van der Waals surface area contributed by atoms with E-state index in [1.54, 1.807) is 30.0 Å². The molecular weight excluding hydrogens is 428 g/mol. The summed E-state index contributed by atoms with van der Waals surface area (Å²) in [5.41, 5.74) is 3.02. The van der Waals surface area contributed by atoms with Crippen LogP contribution in [-0.4, -0.2) is 25.1 Å². The van der Waals surface area contributed by atoms with Gasteiger partial charge in [-0.2, -0.15) is 0 Å². The van der Waals surface area contributed by atoms with E-state index >= 15 is 0 Å². The summed E-state index contributed by atoms with van der Waals surface area (Å²) in [6, 6.07) is 22.0. The Morgan fingerprint density at radius 3 is 2.45 bits per heavy atom. The van der Waals surface area contributed by atoms with Gasteiger partial charge in [0.2, 0.25) is 0 Å². The molecule has 0 aliphatic carbocycles. The molecule has 1 heterocycles.